The van der Waals surface area contributed by atoms with Crippen LogP contribution in [0.15, 0.2) is 24.4 Å². The Morgan fingerprint density at radius 3 is 2.35 bits per heavy atom. The molecule has 3 N–H and O–H groups in total. The van der Waals surface area contributed by atoms with Gasteiger partial charge in [-0.25, -0.2) is 8.78 Å². The molecule has 2 fully saturated rings. The van der Waals surface area contributed by atoms with Crippen LogP contribution >= 0.6 is 13.5 Å². The van der Waals surface area contributed by atoms with Crippen molar-refractivity contribution < 1.29 is 26.7 Å². The smallest absolute Gasteiger partial charge is 0.368 e. The van der Waals surface area contributed by atoms with Crippen LogP contribution in [0.3, 0.4) is 0 Å². The lowest BCUT2D eigenvalue weighted by Gasteiger charge is -2.28. The van der Waals surface area contributed by atoms with Gasteiger partial charge in [0.05, 0.1) is 11.3 Å². The summed E-state index contributed by atoms with van der Waals surface area (Å²) in [6.45, 7) is 4.03. The first-order valence-electron chi connectivity index (χ1n) is 10.8. The number of anilines is 1. The van der Waals surface area contributed by atoms with E-state index in [0.29, 0.717) is 18.4 Å². The van der Waals surface area contributed by atoms with Crippen LogP contribution in [0.25, 0.3) is 11.1 Å². The average molecular weight is 503 g/mol. The highest BCUT2D eigenvalue weighted by Gasteiger charge is 2.41. The summed E-state index contributed by atoms with van der Waals surface area (Å²) in [6, 6.07) is 2.03. The second-order valence-electron chi connectivity index (χ2n) is 9.33. The molecule has 186 valence electrons. The van der Waals surface area contributed by atoms with Crippen molar-refractivity contribution in [2.45, 2.75) is 50.9 Å². The molecule has 2 aliphatic rings. The third-order valence-corrected chi connectivity index (χ3v) is 6.22. The van der Waals surface area contributed by atoms with Gasteiger partial charge >= 0.3 is 6.18 Å². The monoisotopic (exact) mass is 502 g/mol. The molecule has 0 radical (unpaired) electrons. The molecule has 0 unspecified atom stereocenters. The lowest BCUT2D eigenvalue weighted by Crippen LogP contribution is -2.40. The number of alkyl halides is 3. The van der Waals surface area contributed by atoms with Crippen molar-refractivity contribution in [3.63, 3.8) is 0 Å². The Bertz CT molecular complexity index is 1070. The molecule has 1 aromatic carbocycles. The number of aromatic nitrogens is 1. The predicted octanol–water partition coefficient (Wildman–Crippen LogP) is 4.61. The molecule has 1 amide bonds. The number of nitrogens with one attached hydrogen (secondary N) is 1. The largest absolute Gasteiger partial charge is 0.434 e. The SMILES string of the molecule is C[C@H](NC(=O)c1cnc(C(F)(F)F)c(-c2cc(F)cc(F)c2)c1N1CC[C@](C)(N)C1)C1CC1.S. The van der Waals surface area contributed by atoms with Crippen molar-refractivity contribution in [1.82, 2.24) is 10.3 Å². The van der Waals surface area contributed by atoms with Gasteiger partial charge in [0.25, 0.3) is 5.91 Å². The molecule has 1 aliphatic carbocycles. The van der Waals surface area contributed by atoms with Crippen molar-refractivity contribution in [1.29, 1.82) is 0 Å². The first kappa shape index (κ1) is 26.2. The van der Waals surface area contributed by atoms with Crippen molar-refractivity contribution in [2.24, 2.45) is 11.7 Å². The van der Waals surface area contributed by atoms with E-state index >= 15 is 0 Å². The van der Waals surface area contributed by atoms with Gasteiger partial charge in [0.1, 0.15) is 11.6 Å². The van der Waals surface area contributed by atoms with Gasteiger partial charge in [-0.05, 0) is 56.7 Å². The molecule has 1 aromatic heterocycles. The minimum absolute atomic E-state index is 0. The van der Waals surface area contributed by atoms with Crippen LogP contribution in [0.1, 0.15) is 49.2 Å². The summed E-state index contributed by atoms with van der Waals surface area (Å²) in [5, 5.41) is 2.84. The Balaban J connectivity index is 0.00000324. The lowest BCUT2D eigenvalue weighted by atomic mass is 9.96. The van der Waals surface area contributed by atoms with E-state index in [4.69, 9.17) is 5.73 Å². The molecule has 2 heterocycles. The maximum Gasteiger partial charge on any atom is 0.434 e. The minimum atomic E-state index is -4.92. The highest BCUT2D eigenvalue weighted by molar-refractivity contribution is 7.59. The molecule has 34 heavy (non-hydrogen) atoms. The van der Waals surface area contributed by atoms with Gasteiger partial charge in [0, 0.05) is 42.5 Å². The number of halogens is 5. The van der Waals surface area contributed by atoms with Crippen LogP contribution < -0.4 is 16.0 Å². The Morgan fingerprint density at radius 2 is 1.85 bits per heavy atom. The lowest BCUT2D eigenvalue weighted by molar-refractivity contribution is -0.140. The highest BCUT2D eigenvalue weighted by Crippen LogP contribution is 2.45. The van der Waals surface area contributed by atoms with Gasteiger partial charge in [-0.1, -0.05) is 0 Å². The van der Waals surface area contributed by atoms with E-state index in [0.717, 1.165) is 31.2 Å². The fraction of sp³-hybridized carbons (Fsp3) is 0.478. The number of nitrogens with two attached hydrogens (primary N) is 1. The first-order valence-corrected chi connectivity index (χ1v) is 10.8. The third-order valence-electron chi connectivity index (χ3n) is 6.22. The Morgan fingerprint density at radius 1 is 1.24 bits per heavy atom. The molecule has 1 aliphatic heterocycles. The van der Waals surface area contributed by atoms with Crippen LogP contribution in [0.5, 0.6) is 0 Å². The van der Waals surface area contributed by atoms with E-state index in [2.05, 4.69) is 10.3 Å². The number of pyridine rings is 1. The quantitative estimate of drug-likeness (QED) is 0.586. The first-order chi connectivity index (χ1) is 15.4. The zero-order valence-electron chi connectivity index (χ0n) is 18.8. The predicted molar refractivity (Wildman–Crippen MR) is 124 cm³/mol. The second kappa shape index (κ2) is 9.33. The molecule has 2 atom stereocenters. The molecule has 1 saturated heterocycles. The van der Waals surface area contributed by atoms with Crippen molar-refractivity contribution in [2.75, 3.05) is 18.0 Å². The summed E-state index contributed by atoms with van der Waals surface area (Å²) < 4.78 is 70.1. The maximum atomic E-state index is 14.0. The number of carbonyl (C=O) groups excluding carboxylic acids is 1. The second-order valence-corrected chi connectivity index (χ2v) is 9.33. The number of hydrogen-bond donors (Lipinski definition) is 2. The van der Waals surface area contributed by atoms with Crippen LogP contribution in [-0.2, 0) is 6.18 Å². The van der Waals surface area contributed by atoms with E-state index in [-0.39, 0.29) is 49.4 Å². The fourth-order valence-corrected chi connectivity index (χ4v) is 4.36. The van der Waals surface area contributed by atoms with Gasteiger partial charge in [-0.2, -0.15) is 26.7 Å². The molecule has 4 rings (SSSR count). The number of amides is 1. The van der Waals surface area contributed by atoms with E-state index in [1.807, 2.05) is 6.92 Å². The minimum Gasteiger partial charge on any atom is -0.368 e. The van der Waals surface area contributed by atoms with Crippen molar-refractivity contribution in [3.8, 4) is 11.1 Å². The maximum absolute atomic E-state index is 14.0. The summed E-state index contributed by atoms with van der Waals surface area (Å²) in [7, 11) is 0. The topological polar surface area (TPSA) is 71.2 Å². The summed E-state index contributed by atoms with van der Waals surface area (Å²) in [5.74, 6) is -2.34. The van der Waals surface area contributed by atoms with Gasteiger partial charge in [-0.15, -0.1) is 0 Å². The van der Waals surface area contributed by atoms with E-state index in [1.54, 1.807) is 11.8 Å². The molecule has 0 bridgehead atoms. The summed E-state index contributed by atoms with van der Waals surface area (Å²) in [4.78, 5) is 18.3. The summed E-state index contributed by atoms with van der Waals surface area (Å²) in [5.41, 5.74) is 3.15. The number of benzene rings is 1. The van der Waals surface area contributed by atoms with Crippen LogP contribution in [0.4, 0.5) is 27.6 Å². The molecular weight excluding hydrogens is 475 g/mol. The number of nitrogens with zero attached hydrogens (tertiary/aromatic N) is 2. The zero-order chi connectivity index (χ0) is 24.1. The Kier molecular flexibility index (Phi) is 7.19. The number of hydrogen-bond acceptors (Lipinski definition) is 4. The van der Waals surface area contributed by atoms with Crippen molar-refractivity contribution >= 4 is 25.1 Å². The molecule has 0 spiro atoms. The standard InChI is InChI=1S/C23H25F5N4O.H2S/c1-12(13-3-4-13)31-21(33)17-10-30-20(23(26,27)28)18(14-7-15(24)9-16(25)8-14)19(17)32-6-5-22(2,29)11-32;/h7-10,12-13H,3-6,11,29H2,1-2H3,(H,31,33);1H2/t12-,22-;/m0./s1. The van der Waals surface area contributed by atoms with E-state index < -0.39 is 40.5 Å². The van der Waals surface area contributed by atoms with Crippen LogP contribution in [0, 0.1) is 17.6 Å². The van der Waals surface area contributed by atoms with Gasteiger partial charge in [-0.3, -0.25) is 9.78 Å². The molecule has 11 heteroatoms. The number of rotatable bonds is 5. The van der Waals surface area contributed by atoms with Gasteiger partial charge in [0.15, 0.2) is 5.69 Å². The summed E-state index contributed by atoms with van der Waals surface area (Å²) in [6.07, 6.45) is -1.64. The summed E-state index contributed by atoms with van der Waals surface area (Å²) >= 11 is 0. The zero-order valence-corrected chi connectivity index (χ0v) is 19.8. The Hall–Kier alpha value is -2.40. The van der Waals surface area contributed by atoms with Gasteiger partial charge in [0.2, 0.25) is 0 Å². The third kappa shape index (κ3) is 5.46. The number of carbonyl (C=O) groups is 1. The van der Waals surface area contributed by atoms with Crippen LogP contribution in [0.2, 0.25) is 0 Å². The highest BCUT2D eigenvalue weighted by atomic mass is 32.1. The average Bonchev–Trinajstić information content (AvgIpc) is 3.48. The van der Waals surface area contributed by atoms with E-state index in [1.165, 1.54) is 0 Å². The molecule has 1 saturated carbocycles. The van der Waals surface area contributed by atoms with E-state index in [9.17, 15) is 26.7 Å². The Labute approximate surface area is 201 Å². The molecule has 2 aromatic rings. The fourth-order valence-electron chi connectivity index (χ4n) is 4.36. The molecule has 5 nitrogen and oxygen atoms in total. The normalized spacial score (nSPS) is 21.2. The van der Waals surface area contributed by atoms with Crippen molar-refractivity contribution in [3.05, 3.63) is 47.3 Å². The van der Waals surface area contributed by atoms with Gasteiger partial charge < -0.3 is 16.0 Å². The molecular formula is C23H27F5N4OS. The van der Waals surface area contributed by atoms with Crippen LogP contribution in [-0.4, -0.2) is 35.6 Å².